The van der Waals surface area contributed by atoms with Gasteiger partial charge in [-0.1, -0.05) is 11.6 Å². The molecule has 7 heteroatoms. The van der Waals surface area contributed by atoms with Crippen LogP contribution in [0.3, 0.4) is 0 Å². The highest BCUT2D eigenvalue weighted by Gasteiger charge is 2.22. The number of hydrogen-bond acceptors (Lipinski definition) is 3. The first-order chi connectivity index (χ1) is 12.5. The Labute approximate surface area is 156 Å². The Hall–Kier alpha value is -2.18. The molecule has 136 valence electrons. The summed E-state index contributed by atoms with van der Waals surface area (Å²) in [7, 11) is 0. The lowest BCUT2D eigenvalue weighted by Gasteiger charge is -2.13. The summed E-state index contributed by atoms with van der Waals surface area (Å²) in [5, 5.41) is 19.2. The highest BCUT2D eigenvalue weighted by Crippen LogP contribution is 2.32. The molecule has 1 saturated carbocycles. The number of rotatable bonds is 6. The third-order valence-corrected chi connectivity index (χ3v) is 4.84. The van der Waals surface area contributed by atoms with Crippen molar-refractivity contribution in [2.45, 2.75) is 39.0 Å². The van der Waals surface area contributed by atoms with Gasteiger partial charge < -0.3 is 5.11 Å². The maximum absolute atomic E-state index is 13.6. The maximum Gasteiger partial charge on any atom is 0.151 e. The van der Waals surface area contributed by atoms with Crippen molar-refractivity contribution in [2.75, 3.05) is 0 Å². The fraction of sp³-hybridized carbons (Fsp3) is 0.368. The van der Waals surface area contributed by atoms with Gasteiger partial charge in [0.15, 0.2) is 5.15 Å². The second-order valence-corrected chi connectivity index (χ2v) is 7.32. The number of aromatic nitrogens is 4. The molecule has 2 heterocycles. The van der Waals surface area contributed by atoms with Gasteiger partial charge in [0.25, 0.3) is 0 Å². The van der Waals surface area contributed by atoms with Crippen molar-refractivity contribution in [3.63, 3.8) is 0 Å². The first kappa shape index (κ1) is 17.2. The molecule has 2 aromatic heterocycles. The van der Waals surface area contributed by atoms with Crippen LogP contribution in [0, 0.1) is 11.7 Å². The first-order valence-corrected chi connectivity index (χ1v) is 9.10. The second kappa shape index (κ2) is 6.85. The summed E-state index contributed by atoms with van der Waals surface area (Å²) in [4.78, 5) is 0. The molecule has 1 atom stereocenters. The lowest BCUT2D eigenvalue weighted by Crippen LogP contribution is -2.06. The van der Waals surface area contributed by atoms with Crippen LogP contribution in [0.15, 0.2) is 36.7 Å². The van der Waals surface area contributed by atoms with E-state index in [-0.39, 0.29) is 5.82 Å². The van der Waals surface area contributed by atoms with Crippen molar-refractivity contribution < 1.29 is 9.50 Å². The van der Waals surface area contributed by atoms with Crippen molar-refractivity contribution in [1.82, 2.24) is 19.6 Å². The molecule has 5 nitrogen and oxygen atoms in total. The maximum atomic E-state index is 13.6. The largest absolute Gasteiger partial charge is 0.389 e. The zero-order valence-electron chi connectivity index (χ0n) is 14.4. The Bertz CT molecular complexity index is 930. The molecule has 0 amide bonds. The van der Waals surface area contributed by atoms with Crippen molar-refractivity contribution >= 4 is 11.6 Å². The number of nitrogens with zero attached hydrogens (tertiary/aromatic N) is 4. The van der Waals surface area contributed by atoms with E-state index in [1.165, 1.54) is 25.0 Å². The highest BCUT2D eigenvalue weighted by molar-refractivity contribution is 6.29. The van der Waals surface area contributed by atoms with Gasteiger partial charge in [-0.3, -0.25) is 9.36 Å². The average Bonchev–Trinajstić information content (AvgIpc) is 3.18. The summed E-state index contributed by atoms with van der Waals surface area (Å²) in [6.07, 6.45) is 5.62. The van der Waals surface area contributed by atoms with E-state index in [9.17, 15) is 9.50 Å². The van der Waals surface area contributed by atoms with Gasteiger partial charge in [0.05, 0.1) is 24.5 Å². The van der Waals surface area contributed by atoms with Crippen LogP contribution in [-0.2, 0) is 13.1 Å². The van der Waals surface area contributed by atoms with Crippen LogP contribution in [0.4, 0.5) is 4.39 Å². The van der Waals surface area contributed by atoms with Crippen molar-refractivity contribution in [1.29, 1.82) is 0 Å². The SMILES string of the molecule is C[C@@H](O)c1cc(F)ccc1-c1cc(Cl)nn1Cc1cnn(CC2CC2)c1. The fourth-order valence-electron chi connectivity index (χ4n) is 3.16. The van der Waals surface area contributed by atoms with Gasteiger partial charge >= 0.3 is 0 Å². The Morgan fingerprint density at radius 3 is 2.88 bits per heavy atom. The Balaban J connectivity index is 1.66. The predicted octanol–water partition coefficient (Wildman–Crippen LogP) is 4.05. The first-order valence-electron chi connectivity index (χ1n) is 8.72. The highest BCUT2D eigenvalue weighted by atomic mass is 35.5. The Morgan fingerprint density at radius 1 is 1.35 bits per heavy atom. The van der Waals surface area contributed by atoms with E-state index in [0.29, 0.717) is 22.8 Å². The standard InChI is InChI=1S/C19H20ClFN4O/c1-12(26)17-6-15(21)4-5-16(17)18-7-19(20)23-25(18)11-14-8-22-24(10-14)9-13-2-3-13/h4-8,10,12-13,26H,2-3,9,11H2,1H3/t12-/m1/s1. The quantitative estimate of drug-likeness (QED) is 0.708. The van der Waals surface area contributed by atoms with Crippen molar-refractivity contribution in [3.05, 3.63) is 58.8 Å². The minimum atomic E-state index is -0.802. The molecule has 0 unspecified atom stereocenters. The third kappa shape index (κ3) is 3.66. The van der Waals surface area contributed by atoms with Gasteiger partial charge in [-0.05, 0) is 49.4 Å². The number of halogens is 2. The summed E-state index contributed by atoms with van der Waals surface area (Å²) >= 11 is 6.14. The van der Waals surface area contributed by atoms with Crippen LogP contribution < -0.4 is 0 Å². The van der Waals surface area contributed by atoms with E-state index in [4.69, 9.17) is 11.6 Å². The van der Waals surface area contributed by atoms with Crippen LogP contribution in [-0.4, -0.2) is 24.7 Å². The predicted molar refractivity (Wildman–Crippen MR) is 97.3 cm³/mol. The summed E-state index contributed by atoms with van der Waals surface area (Å²) in [5.74, 6) is 0.369. The van der Waals surface area contributed by atoms with E-state index in [1.807, 2.05) is 17.1 Å². The third-order valence-electron chi connectivity index (χ3n) is 4.65. The number of benzene rings is 1. The molecule has 26 heavy (non-hydrogen) atoms. The summed E-state index contributed by atoms with van der Waals surface area (Å²) < 4.78 is 17.4. The van der Waals surface area contributed by atoms with E-state index in [0.717, 1.165) is 23.7 Å². The average molecular weight is 375 g/mol. The van der Waals surface area contributed by atoms with Gasteiger partial charge in [-0.15, -0.1) is 0 Å². The topological polar surface area (TPSA) is 55.9 Å². The molecule has 1 fully saturated rings. The smallest absolute Gasteiger partial charge is 0.151 e. The van der Waals surface area contributed by atoms with Crippen molar-refractivity contribution in [3.8, 4) is 11.3 Å². The van der Waals surface area contributed by atoms with Crippen LogP contribution in [0.25, 0.3) is 11.3 Å². The Kier molecular flexibility index (Phi) is 4.54. The van der Waals surface area contributed by atoms with E-state index < -0.39 is 6.10 Å². The van der Waals surface area contributed by atoms with E-state index >= 15 is 0 Å². The summed E-state index contributed by atoms with van der Waals surface area (Å²) in [6.45, 7) is 3.07. The van der Waals surface area contributed by atoms with Crippen LogP contribution >= 0.6 is 11.6 Å². The zero-order valence-corrected chi connectivity index (χ0v) is 15.2. The minimum absolute atomic E-state index is 0.353. The second-order valence-electron chi connectivity index (χ2n) is 6.93. The minimum Gasteiger partial charge on any atom is -0.389 e. The van der Waals surface area contributed by atoms with Crippen LogP contribution in [0.5, 0.6) is 0 Å². The number of aliphatic hydroxyl groups excluding tert-OH is 1. The fourth-order valence-corrected chi connectivity index (χ4v) is 3.36. The summed E-state index contributed by atoms with van der Waals surface area (Å²) in [6, 6.07) is 6.10. The molecule has 1 aromatic carbocycles. The zero-order chi connectivity index (χ0) is 18.3. The lowest BCUT2D eigenvalue weighted by atomic mass is 10.0. The molecule has 0 aliphatic heterocycles. The van der Waals surface area contributed by atoms with Crippen molar-refractivity contribution in [2.24, 2.45) is 5.92 Å². The van der Waals surface area contributed by atoms with Gasteiger partial charge in [0, 0.05) is 29.9 Å². The van der Waals surface area contributed by atoms with Crippen LogP contribution in [0.1, 0.15) is 37.0 Å². The number of hydrogen-bond donors (Lipinski definition) is 1. The molecule has 0 radical (unpaired) electrons. The van der Waals surface area contributed by atoms with E-state index in [2.05, 4.69) is 10.2 Å². The van der Waals surface area contributed by atoms with Crippen LogP contribution in [0.2, 0.25) is 5.15 Å². The molecule has 1 aliphatic carbocycles. The molecule has 1 aliphatic rings. The van der Waals surface area contributed by atoms with Gasteiger partial charge in [0.1, 0.15) is 5.82 Å². The normalized spacial score (nSPS) is 15.4. The molecule has 1 N–H and O–H groups in total. The molecule has 0 spiro atoms. The Morgan fingerprint density at radius 2 is 2.15 bits per heavy atom. The van der Waals surface area contributed by atoms with Gasteiger partial charge in [0.2, 0.25) is 0 Å². The number of aliphatic hydroxyl groups is 1. The molecule has 0 saturated heterocycles. The molecular formula is C19H20ClFN4O. The van der Waals surface area contributed by atoms with Gasteiger partial charge in [-0.2, -0.15) is 10.2 Å². The molecule has 4 rings (SSSR count). The lowest BCUT2D eigenvalue weighted by molar-refractivity contribution is 0.199. The summed E-state index contributed by atoms with van der Waals surface area (Å²) in [5.41, 5.74) is 2.98. The monoisotopic (exact) mass is 374 g/mol. The molecular weight excluding hydrogens is 355 g/mol. The molecule has 0 bridgehead atoms. The van der Waals surface area contributed by atoms with E-state index in [1.54, 1.807) is 23.7 Å². The van der Waals surface area contributed by atoms with Gasteiger partial charge in [-0.25, -0.2) is 4.39 Å². The molecule has 3 aromatic rings.